The number of carbonyl (C=O) groups excluding carboxylic acids is 1. The van der Waals surface area contributed by atoms with Gasteiger partial charge in [0.2, 0.25) is 6.35 Å². The number of rotatable bonds is 2. The molecule has 2 aliphatic rings. The Bertz CT molecular complexity index is 377. The summed E-state index contributed by atoms with van der Waals surface area (Å²) in [5.74, 6) is -0.586. The minimum Gasteiger partial charge on any atom is -0.393 e. The zero-order valence-corrected chi connectivity index (χ0v) is 9.59. The first-order valence-electron chi connectivity index (χ1n) is 5.35. The quantitative estimate of drug-likeness (QED) is 0.348. The summed E-state index contributed by atoms with van der Waals surface area (Å²) < 4.78 is 5.32. The molecule has 0 aliphatic carbocycles. The highest BCUT2D eigenvalue weighted by atomic mass is 16.6. The zero-order valence-electron chi connectivity index (χ0n) is 9.59. The summed E-state index contributed by atoms with van der Waals surface area (Å²) in [5, 5.41) is 45.0. The van der Waals surface area contributed by atoms with Crippen LogP contribution in [0.5, 0.6) is 0 Å². The second-order valence-electron chi connectivity index (χ2n) is 4.42. The maximum absolute atomic E-state index is 10.9. The Morgan fingerprint density at radius 1 is 1.56 bits per heavy atom. The Hall–Kier alpha value is -1.26. The molecule has 2 aliphatic heterocycles. The summed E-state index contributed by atoms with van der Waals surface area (Å²) in [6, 6.07) is 0. The predicted octanol–water partition coefficient (Wildman–Crippen LogP) is -3.49. The molecule has 9 heteroatoms. The van der Waals surface area contributed by atoms with Crippen molar-refractivity contribution in [2.24, 2.45) is 5.10 Å². The Kier molecular flexibility index (Phi) is 3.25. The van der Waals surface area contributed by atoms with Crippen LogP contribution in [0.2, 0.25) is 0 Å². The van der Waals surface area contributed by atoms with Gasteiger partial charge in [0.05, 0.1) is 6.61 Å². The van der Waals surface area contributed by atoms with Crippen LogP contribution in [-0.4, -0.2) is 74.6 Å². The van der Waals surface area contributed by atoms with E-state index >= 15 is 0 Å². The largest absolute Gasteiger partial charge is 0.393 e. The lowest BCUT2D eigenvalue weighted by molar-refractivity contribution is -0.187. The summed E-state index contributed by atoms with van der Waals surface area (Å²) in [7, 11) is 0. The van der Waals surface area contributed by atoms with Crippen molar-refractivity contribution in [3.8, 4) is 0 Å². The molecule has 0 spiro atoms. The third-order valence-electron chi connectivity index (χ3n) is 3.04. The van der Waals surface area contributed by atoms with Gasteiger partial charge in [-0.3, -0.25) is 4.79 Å². The maximum atomic E-state index is 10.9. The molecule has 0 aromatic heterocycles. The van der Waals surface area contributed by atoms with Gasteiger partial charge in [-0.2, -0.15) is 5.10 Å². The van der Waals surface area contributed by atoms with Gasteiger partial charge >= 0.3 is 0 Å². The standard InChI is InChI=1S/C9H15N3O6/c1-9(3-13)6(16)5(15)7(18-9)12-8(17)11-4(14)2-10-12/h2,5-8,13,15-17H,3H2,1H3,(H,11,14). The summed E-state index contributed by atoms with van der Waals surface area (Å²) in [6.07, 6.45) is -4.47. The summed E-state index contributed by atoms with van der Waals surface area (Å²) in [4.78, 5) is 10.9. The molecule has 0 aromatic rings. The van der Waals surface area contributed by atoms with Gasteiger partial charge in [-0.1, -0.05) is 0 Å². The Morgan fingerprint density at radius 2 is 2.22 bits per heavy atom. The van der Waals surface area contributed by atoms with Crippen molar-refractivity contribution in [1.29, 1.82) is 0 Å². The van der Waals surface area contributed by atoms with Gasteiger partial charge in [0.1, 0.15) is 24.0 Å². The molecule has 0 radical (unpaired) electrons. The number of ether oxygens (including phenoxy) is 1. The van der Waals surface area contributed by atoms with Crippen LogP contribution in [0.3, 0.4) is 0 Å². The van der Waals surface area contributed by atoms with E-state index in [0.29, 0.717) is 0 Å². The van der Waals surface area contributed by atoms with Crippen LogP contribution < -0.4 is 5.32 Å². The van der Waals surface area contributed by atoms with Gasteiger partial charge in [-0.15, -0.1) is 0 Å². The van der Waals surface area contributed by atoms with E-state index in [1.165, 1.54) is 6.92 Å². The second kappa shape index (κ2) is 4.44. The normalized spacial score (nSPS) is 44.3. The smallest absolute Gasteiger partial charge is 0.267 e. The van der Waals surface area contributed by atoms with E-state index in [9.17, 15) is 20.1 Å². The lowest BCUT2D eigenvalue weighted by atomic mass is 9.99. The van der Waals surface area contributed by atoms with Crippen molar-refractivity contribution in [3.05, 3.63) is 0 Å². The molecule has 0 aromatic carbocycles. The Labute approximate surface area is 102 Å². The molecular weight excluding hydrogens is 246 g/mol. The topological polar surface area (TPSA) is 135 Å². The second-order valence-corrected chi connectivity index (χ2v) is 4.42. The molecule has 18 heavy (non-hydrogen) atoms. The van der Waals surface area contributed by atoms with Crippen LogP contribution in [0.15, 0.2) is 5.10 Å². The molecule has 9 nitrogen and oxygen atoms in total. The van der Waals surface area contributed by atoms with Gasteiger partial charge < -0.3 is 30.5 Å². The number of aliphatic hydroxyl groups is 4. The van der Waals surface area contributed by atoms with E-state index in [0.717, 1.165) is 11.2 Å². The number of carbonyl (C=O) groups is 1. The third-order valence-corrected chi connectivity index (χ3v) is 3.04. The Balaban J connectivity index is 2.20. The molecule has 102 valence electrons. The number of amides is 1. The van der Waals surface area contributed by atoms with Crippen molar-refractivity contribution in [2.45, 2.75) is 37.3 Å². The predicted molar refractivity (Wildman–Crippen MR) is 56.9 cm³/mol. The minimum absolute atomic E-state index is 0.512. The number of hydrogen-bond acceptors (Lipinski definition) is 8. The molecule has 0 saturated carbocycles. The van der Waals surface area contributed by atoms with Crippen molar-refractivity contribution >= 4 is 12.1 Å². The minimum atomic E-state index is -1.48. The van der Waals surface area contributed by atoms with Crippen molar-refractivity contribution in [2.75, 3.05) is 6.61 Å². The van der Waals surface area contributed by atoms with Gasteiger partial charge in [0.15, 0.2) is 6.23 Å². The molecule has 2 rings (SSSR count). The number of hydrogen-bond donors (Lipinski definition) is 5. The molecule has 5 unspecified atom stereocenters. The van der Waals surface area contributed by atoms with Gasteiger partial charge in [-0.05, 0) is 6.92 Å². The van der Waals surface area contributed by atoms with E-state index in [2.05, 4.69) is 10.4 Å². The van der Waals surface area contributed by atoms with Gasteiger partial charge in [-0.25, -0.2) is 5.01 Å². The summed E-state index contributed by atoms with van der Waals surface area (Å²) in [6.45, 7) is 0.904. The average Bonchev–Trinajstić information content (AvgIpc) is 2.55. The van der Waals surface area contributed by atoms with Crippen molar-refractivity contribution < 1.29 is 30.0 Å². The molecule has 1 amide bonds. The highest BCUT2D eigenvalue weighted by molar-refractivity contribution is 6.26. The third kappa shape index (κ3) is 1.95. The number of nitrogens with one attached hydrogen (secondary N) is 1. The molecule has 5 N–H and O–H groups in total. The lowest BCUT2D eigenvalue weighted by Gasteiger charge is -2.34. The van der Waals surface area contributed by atoms with E-state index in [-0.39, 0.29) is 0 Å². The SMILES string of the molecule is CC1(CO)OC(N2N=CC(=O)NC2O)C(O)C1O. The van der Waals surface area contributed by atoms with Crippen molar-refractivity contribution in [1.82, 2.24) is 10.3 Å². The fourth-order valence-corrected chi connectivity index (χ4v) is 1.89. The molecule has 1 fully saturated rings. The van der Waals surface area contributed by atoms with Crippen LogP contribution >= 0.6 is 0 Å². The highest BCUT2D eigenvalue weighted by Gasteiger charge is 2.54. The lowest BCUT2D eigenvalue weighted by Crippen LogP contribution is -2.56. The fraction of sp³-hybridized carbons (Fsp3) is 0.778. The van der Waals surface area contributed by atoms with Crippen molar-refractivity contribution in [3.63, 3.8) is 0 Å². The van der Waals surface area contributed by atoms with Crippen LogP contribution in [0.25, 0.3) is 0 Å². The van der Waals surface area contributed by atoms with Gasteiger partial charge in [0, 0.05) is 0 Å². The number of aliphatic hydroxyl groups excluding tert-OH is 4. The van der Waals surface area contributed by atoms with E-state index in [1.807, 2.05) is 0 Å². The van der Waals surface area contributed by atoms with E-state index in [4.69, 9.17) is 9.84 Å². The van der Waals surface area contributed by atoms with Crippen LogP contribution in [0.4, 0.5) is 0 Å². The first-order chi connectivity index (χ1) is 8.39. The summed E-state index contributed by atoms with van der Waals surface area (Å²) >= 11 is 0. The number of hydrazone groups is 1. The van der Waals surface area contributed by atoms with E-state index < -0.39 is 42.9 Å². The summed E-state index contributed by atoms with van der Waals surface area (Å²) in [5.41, 5.74) is -1.36. The van der Waals surface area contributed by atoms with E-state index in [1.54, 1.807) is 0 Å². The molecule has 0 bridgehead atoms. The monoisotopic (exact) mass is 261 g/mol. The maximum Gasteiger partial charge on any atom is 0.267 e. The fourth-order valence-electron chi connectivity index (χ4n) is 1.89. The molecule has 1 saturated heterocycles. The average molecular weight is 261 g/mol. The number of nitrogens with zero attached hydrogens (tertiary/aromatic N) is 2. The highest BCUT2D eigenvalue weighted by Crippen LogP contribution is 2.33. The first-order valence-corrected chi connectivity index (χ1v) is 5.35. The molecule has 5 atom stereocenters. The van der Waals surface area contributed by atoms with Crippen LogP contribution in [-0.2, 0) is 9.53 Å². The first kappa shape index (κ1) is 13.2. The molecule has 2 heterocycles. The molecular formula is C9H15N3O6. The zero-order chi connectivity index (χ0) is 13.5. The van der Waals surface area contributed by atoms with Gasteiger partial charge in [0.25, 0.3) is 5.91 Å². The van der Waals surface area contributed by atoms with Crippen LogP contribution in [0.1, 0.15) is 6.92 Å². The Morgan fingerprint density at radius 3 is 2.72 bits per heavy atom. The van der Waals surface area contributed by atoms with Crippen LogP contribution in [0, 0.1) is 0 Å².